The van der Waals surface area contributed by atoms with E-state index < -0.39 is 73.3 Å². The van der Waals surface area contributed by atoms with Gasteiger partial charge in [0.1, 0.15) is 12.7 Å². The standard InChI is InChI=1S/C40H69NO12/c1-7-9-11-13-14-15-16-17-18-19-20-22-23-25-34(46)33(41-36(47)26-24-21-12-10-8-2)27-49-40-39(52-32(6)45)38(51-31(5)44)37(50-30(4)43)35(53-40)28-48-29(3)42/h23,25,33-35,37-40,46H,7-22,24,26-28H2,1-6H3,(H,41,47)/b25-23+/t33-,34+,35+,37-,38-,39+,40+/m0/s1. The first kappa shape index (κ1) is 48.0. The van der Waals surface area contributed by atoms with E-state index in [0.29, 0.717) is 6.42 Å². The van der Waals surface area contributed by atoms with Crippen molar-refractivity contribution < 1.29 is 57.5 Å². The maximum absolute atomic E-state index is 13.0. The fraction of sp³-hybridized carbons (Fsp3) is 0.825. The van der Waals surface area contributed by atoms with Gasteiger partial charge in [0.05, 0.1) is 18.8 Å². The smallest absolute Gasteiger partial charge is 0.303 e. The van der Waals surface area contributed by atoms with Crippen LogP contribution in [-0.4, -0.2) is 91.0 Å². The zero-order valence-electron chi connectivity index (χ0n) is 33.3. The number of carbonyl (C=O) groups excluding carboxylic acids is 5. The third kappa shape index (κ3) is 22.7. The van der Waals surface area contributed by atoms with Gasteiger partial charge in [-0.2, -0.15) is 0 Å². The minimum Gasteiger partial charge on any atom is -0.463 e. The number of esters is 4. The van der Waals surface area contributed by atoms with Crippen molar-refractivity contribution in [3.05, 3.63) is 12.2 Å². The Morgan fingerprint density at radius 3 is 1.68 bits per heavy atom. The monoisotopic (exact) mass is 755 g/mol. The first-order valence-electron chi connectivity index (χ1n) is 20.0. The maximum Gasteiger partial charge on any atom is 0.303 e. The first-order valence-corrected chi connectivity index (χ1v) is 20.0. The second-order valence-corrected chi connectivity index (χ2v) is 14.0. The average Bonchev–Trinajstić information content (AvgIpc) is 3.09. The average molecular weight is 756 g/mol. The van der Waals surface area contributed by atoms with E-state index >= 15 is 0 Å². The number of hydrogen-bond acceptors (Lipinski definition) is 12. The highest BCUT2D eigenvalue weighted by Gasteiger charge is 2.53. The summed E-state index contributed by atoms with van der Waals surface area (Å²) in [4.78, 5) is 61.1. The van der Waals surface area contributed by atoms with Gasteiger partial charge in [-0.15, -0.1) is 0 Å². The molecule has 0 aliphatic carbocycles. The summed E-state index contributed by atoms with van der Waals surface area (Å²) < 4.78 is 33.6. The first-order chi connectivity index (χ1) is 25.4. The quantitative estimate of drug-likeness (QED) is 0.0366. The van der Waals surface area contributed by atoms with Crippen molar-refractivity contribution in [2.45, 2.75) is 200 Å². The van der Waals surface area contributed by atoms with Crippen LogP contribution in [0.2, 0.25) is 0 Å². The third-order valence-corrected chi connectivity index (χ3v) is 8.96. The van der Waals surface area contributed by atoms with E-state index in [9.17, 15) is 29.1 Å². The van der Waals surface area contributed by atoms with Gasteiger partial charge in [0.2, 0.25) is 5.91 Å². The number of amides is 1. The molecule has 7 atom stereocenters. The summed E-state index contributed by atoms with van der Waals surface area (Å²) >= 11 is 0. The summed E-state index contributed by atoms with van der Waals surface area (Å²) in [6.07, 6.45) is 15.1. The molecule has 1 saturated heterocycles. The van der Waals surface area contributed by atoms with Crippen molar-refractivity contribution in [2.24, 2.45) is 0 Å². The van der Waals surface area contributed by atoms with E-state index in [1.54, 1.807) is 6.08 Å². The predicted octanol–water partition coefficient (Wildman–Crippen LogP) is 6.55. The number of ether oxygens (including phenoxy) is 6. The van der Waals surface area contributed by atoms with E-state index in [0.717, 1.165) is 65.7 Å². The number of carbonyl (C=O) groups is 5. The Morgan fingerprint density at radius 1 is 0.660 bits per heavy atom. The third-order valence-electron chi connectivity index (χ3n) is 8.96. The zero-order valence-corrected chi connectivity index (χ0v) is 33.3. The minimum atomic E-state index is -1.43. The van der Waals surface area contributed by atoms with Crippen molar-refractivity contribution in [2.75, 3.05) is 13.2 Å². The van der Waals surface area contributed by atoms with Crippen LogP contribution in [0.3, 0.4) is 0 Å². The summed E-state index contributed by atoms with van der Waals surface area (Å²) in [5, 5.41) is 14.1. The van der Waals surface area contributed by atoms with Crippen LogP contribution in [0.4, 0.5) is 0 Å². The molecule has 1 amide bonds. The minimum absolute atomic E-state index is 0.255. The van der Waals surface area contributed by atoms with Gasteiger partial charge in [0.25, 0.3) is 0 Å². The molecule has 0 saturated carbocycles. The van der Waals surface area contributed by atoms with E-state index in [4.69, 9.17) is 28.4 Å². The molecule has 13 nitrogen and oxygen atoms in total. The van der Waals surface area contributed by atoms with E-state index in [-0.39, 0.29) is 18.9 Å². The van der Waals surface area contributed by atoms with Crippen LogP contribution < -0.4 is 5.32 Å². The molecule has 1 rings (SSSR count). The van der Waals surface area contributed by atoms with Crippen molar-refractivity contribution >= 4 is 29.8 Å². The SMILES string of the molecule is CCCCCCCCCCCCC/C=C/[C@@H](O)[C@H](CO[C@@H]1O[C@H](COC(C)=O)[C@H](OC(C)=O)[C@H](OC(C)=O)[C@H]1OC(C)=O)NC(=O)CCCCCCC. The number of unbranched alkanes of at least 4 members (excludes halogenated alkanes) is 15. The molecule has 0 radical (unpaired) electrons. The second-order valence-electron chi connectivity index (χ2n) is 14.0. The molecule has 1 aliphatic rings. The Bertz CT molecular complexity index is 1080. The number of hydrogen-bond donors (Lipinski definition) is 2. The summed E-state index contributed by atoms with van der Waals surface area (Å²) in [6, 6.07) is -0.918. The van der Waals surface area contributed by atoms with Crippen LogP contribution in [0.5, 0.6) is 0 Å². The van der Waals surface area contributed by atoms with Gasteiger partial charge < -0.3 is 38.8 Å². The van der Waals surface area contributed by atoms with Crippen LogP contribution in [0, 0.1) is 0 Å². The van der Waals surface area contributed by atoms with Gasteiger partial charge in [-0.25, -0.2) is 0 Å². The van der Waals surface area contributed by atoms with Gasteiger partial charge in [-0.1, -0.05) is 116 Å². The lowest BCUT2D eigenvalue weighted by atomic mass is 9.98. The Kier molecular flexibility index (Phi) is 26.6. The fourth-order valence-electron chi connectivity index (χ4n) is 6.21. The Balaban J connectivity index is 3.04. The van der Waals surface area contributed by atoms with Crippen molar-refractivity contribution in [1.29, 1.82) is 0 Å². The van der Waals surface area contributed by atoms with Crippen LogP contribution in [-0.2, 0) is 52.4 Å². The molecule has 0 aromatic heterocycles. The second kappa shape index (κ2) is 29.3. The lowest BCUT2D eigenvalue weighted by Crippen LogP contribution is -2.63. The Morgan fingerprint density at radius 2 is 1.15 bits per heavy atom. The summed E-state index contributed by atoms with van der Waals surface area (Å²) in [7, 11) is 0. The molecule has 0 spiro atoms. The number of nitrogens with one attached hydrogen (secondary N) is 1. The van der Waals surface area contributed by atoms with Gasteiger partial charge in [-0.3, -0.25) is 24.0 Å². The molecule has 2 N–H and O–H groups in total. The van der Waals surface area contributed by atoms with Gasteiger partial charge in [-0.05, 0) is 19.3 Å². The van der Waals surface area contributed by atoms with Crippen molar-refractivity contribution in [1.82, 2.24) is 5.32 Å². The van der Waals surface area contributed by atoms with Crippen LogP contribution in [0.15, 0.2) is 12.2 Å². The normalized spacial score (nSPS) is 21.1. The van der Waals surface area contributed by atoms with E-state index in [1.165, 1.54) is 64.7 Å². The molecule has 0 bridgehead atoms. The molecule has 1 aliphatic heterocycles. The summed E-state index contributed by atoms with van der Waals surface area (Å²) in [5.41, 5.74) is 0. The van der Waals surface area contributed by atoms with Crippen molar-refractivity contribution in [3.63, 3.8) is 0 Å². The van der Waals surface area contributed by atoms with Gasteiger partial charge >= 0.3 is 23.9 Å². The van der Waals surface area contributed by atoms with Crippen LogP contribution in [0.25, 0.3) is 0 Å². The van der Waals surface area contributed by atoms with Crippen LogP contribution >= 0.6 is 0 Å². The fourth-order valence-corrected chi connectivity index (χ4v) is 6.21. The molecule has 306 valence electrons. The molecular weight excluding hydrogens is 686 g/mol. The molecule has 13 heteroatoms. The number of aliphatic hydroxyl groups is 1. The van der Waals surface area contributed by atoms with Crippen molar-refractivity contribution in [3.8, 4) is 0 Å². The molecule has 53 heavy (non-hydrogen) atoms. The highest BCUT2D eigenvalue weighted by Crippen LogP contribution is 2.30. The summed E-state index contributed by atoms with van der Waals surface area (Å²) in [6.45, 7) is 8.26. The van der Waals surface area contributed by atoms with Crippen LogP contribution in [0.1, 0.15) is 157 Å². The van der Waals surface area contributed by atoms with E-state index in [1.807, 2.05) is 6.08 Å². The topological polar surface area (TPSA) is 173 Å². The Hall–Kier alpha value is -3.03. The predicted molar refractivity (Wildman–Crippen MR) is 199 cm³/mol. The molecule has 0 aromatic rings. The lowest BCUT2D eigenvalue weighted by Gasteiger charge is -2.44. The van der Waals surface area contributed by atoms with Gasteiger partial charge in [0, 0.05) is 34.1 Å². The van der Waals surface area contributed by atoms with E-state index in [2.05, 4.69) is 19.2 Å². The molecule has 0 unspecified atom stereocenters. The molecule has 1 fully saturated rings. The largest absolute Gasteiger partial charge is 0.463 e. The van der Waals surface area contributed by atoms with Gasteiger partial charge in [0.15, 0.2) is 24.6 Å². The highest BCUT2D eigenvalue weighted by atomic mass is 16.7. The summed E-state index contributed by atoms with van der Waals surface area (Å²) in [5.74, 6) is -3.17. The lowest BCUT2D eigenvalue weighted by molar-refractivity contribution is -0.309. The Labute approximate surface area is 317 Å². The number of allylic oxidation sites excluding steroid dienone is 1. The zero-order chi connectivity index (χ0) is 39.4. The molecule has 1 heterocycles. The highest BCUT2D eigenvalue weighted by molar-refractivity contribution is 5.76. The number of rotatable bonds is 29. The maximum atomic E-state index is 13.0. The molecule has 0 aromatic carbocycles. The molecular formula is C40H69NO12. The number of aliphatic hydroxyl groups excluding tert-OH is 1.